The second kappa shape index (κ2) is 3.67. The molecule has 1 heterocycles. The van der Waals surface area contributed by atoms with Crippen LogP contribution in [0.5, 0.6) is 0 Å². The molecule has 1 fully saturated rings. The summed E-state index contributed by atoms with van der Waals surface area (Å²) in [6.45, 7) is 0. The molecule has 1 aliphatic carbocycles. The zero-order valence-electron chi connectivity index (χ0n) is 7.29. The van der Waals surface area contributed by atoms with Crippen molar-refractivity contribution in [1.82, 2.24) is 4.98 Å². The number of hydrogen-bond acceptors (Lipinski definition) is 3. The van der Waals surface area contributed by atoms with Gasteiger partial charge < -0.3 is 5.11 Å². The summed E-state index contributed by atoms with van der Waals surface area (Å²) in [6.07, 6.45) is 5.27. The fourth-order valence-corrected chi connectivity index (χ4v) is 3.62. The molecule has 0 unspecified atom stereocenters. The maximum Gasteiger partial charge on any atom is 0.123 e. The molecule has 0 atom stereocenters. The van der Waals surface area contributed by atoms with Gasteiger partial charge in [0.15, 0.2) is 0 Å². The summed E-state index contributed by atoms with van der Waals surface area (Å²) in [6, 6.07) is 0. The molecule has 1 N–H and O–H groups in total. The largest absolute Gasteiger partial charge is 0.384 e. The van der Waals surface area contributed by atoms with E-state index in [4.69, 9.17) is 0 Å². The van der Waals surface area contributed by atoms with Crippen LogP contribution in [0.25, 0.3) is 0 Å². The summed E-state index contributed by atoms with van der Waals surface area (Å²) in [5, 5.41) is 10.4. The number of aliphatic hydroxyl groups is 1. The molecule has 4 heteroatoms. The van der Waals surface area contributed by atoms with E-state index in [1.54, 1.807) is 16.8 Å². The van der Waals surface area contributed by atoms with Gasteiger partial charge >= 0.3 is 0 Å². The zero-order chi connectivity index (χ0) is 9.31. The number of rotatable bonds is 1. The highest BCUT2D eigenvalue weighted by Crippen LogP contribution is 2.41. The Balaban J connectivity index is 2.27. The predicted molar refractivity (Wildman–Crippen MR) is 56.8 cm³/mol. The molecule has 0 spiro atoms. The third-order valence-corrected chi connectivity index (χ3v) is 4.51. The first-order valence-electron chi connectivity index (χ1n) is 4.54. The van der Waals surface area contributed by atoms with Gasteiger partial charge in [-0.2, -0.15) is 0 Å². The van der Waals surface area contributed by atoms with Crippen LogP contribution >= 0.6 is 27.3 Å². The first-order valence-corrected chi connectivity index (χ1v) is 6.21. The Kier molecular flexibility index (Phi) is 2.72. The summed E-state index contributed by atoms with van der Waals surface area (Å²) in [5.41, 5.74) is 1.18. The lowest BCUT2D eigenvalue weighted by atomic mass is 9.84. The van der Waals surface area contributed by atoms with E-state index in [0.717, 1.165) is 35.2 Å². The Morgan fingerprint density at radius 2 is 2.08 bits per heavy atom. The van der Waals surface area contributed by atoms with Gasteiger partial charge in [-0.25, -0.2) is 4.98 Å². The van der Waals surface area contributed by atoms with Crippen molar-refractivity contribution in [3.05, 3.63) is 15.0 Å². The summed E-state index contributed by atoms with van der Waals surface area (Å²) in [7, 11) is 0. The van der Waals surface area contributed by atoms with Gasteiger partial charge in [-0.3, -0.25) is 0 Å². The van der Waals surface area contributed by atoms with Gasteiger partial charge in [0.25, 0.3) is 0 Å². The topological polar surface area (TPSA) is 33.1 Å². The lowest BCUT2D eigenvalue weighted by Crippen LogP contribution is -2.27. The fraction of sp³-hybridized carbons (Fsp3) is 0.667. The fourth-order valence-electron chi connectivity index (χ4n) is 1.90. The van der Waals surface area contributed by atoms with Crippen LogP contribution in [-0.2, 0) is 5.60 Å². The highest BCUT2D eigenvalue weighted by Gasteiger charge is 2.34. The SMILES string of the molecule is OC1(c2scnc2Br)CCCCC1. The van der Waals surface area contributed by atoms with Crippen LogP contribution in [0.3, 0.4) is 0 Å². The van der Waals surface area contributed by atoms with Crippen LogP contribution in [0.4, 0.5) is 0 Å². The minimum atomic E-state index is -0.599. The molecule has 2 nitrogen and oxygen atoms in total. The summed E-state index contributed by atoms with van der Waals surface area (Å²) in [4.78, 5) is 5.12. The summed E-state index contributed by atoms with van der Waals surface area (Å²) < 4.78 is 0.821. The van der Waals surface area contributed by atoms with E-state index in [2.05, 4.69) is 20.9 Å². The number of thiazole rings is 1. The molecule has 0 radical (unpaired) electrons. The van der Waals surface area contributed by atoms with Gasteiger partial charge in [-0.1, -0.05) is 19.3 Å². The van der Waals surface area contributed by atoms with E-state index in [1.165, 1.54) is 6.42 Å². The molecular formula is C9H12BrNOS. The van der Waals surface area contributed by atoms with Crippen LogP contribution < -0.4 is 0 Å². The molecule has 13 heavy (non-hydrogen) atoms. The van der Waals surface area contributed by atoms with Gasteiger partial charge in [0.05, 0.1) is 10.4 Å². The maximum atomic E-state index is 10.4. The maximum absolute atomic E-state index is 10.4. The van der Waals surface area contributed by atoms with Crippen LogP contribution in [-0.4, -0.2) is 10.1 Å². The molecule has 1 aliphatic rings. The molecule has 0 aliphatic heterocycles. The van der Waals surface area contributed by atoms with Crippen molar-refractivity contribution in [3.8, 4) is 0 Å². The molecule has 0 saturated heterocycles. The molecule has 1 aromatic rings. The molecule has 72 valence electrons. The van der Waals surface area contributed by atoms with Crippen LogP contribution in [0.2, 0.25) is 0 Å². The normalized spacial score (nSPS) is 21.7. The Labute approximate surface area is 90.1 Å². The third kappa shape index (κ3) is 1.80. The summed E-state index contributed by atoms with van der Waals surface area (Å²) >= 11 is 4.92. The van der Waals surface area contributed by atoms with Crippen molar-refractivity contribution in [2.75, 3.05) is 0 Å². The third-order valence-electron chi connectivity index (χ3n) is 2.63. The Hall–Kier alpha value is 0.0700. The van der Waals surface area contributed by atoms with Crippen molar-refractivity contribution in [3.63, 3.8) is 0 Å². The molecule has 1 aromatic heterocycles. The van der Waals surface area contributed by atoms with Crippen molar-refractivity contribution in [2.45, 2.75) is 37.7 Å². The zero-order valence-corrected chi connectivity index (χ0v) is 9.70. The van der Waals surface area contributed by atoms with Crippen LogP contribution in [0, 0.1) is 0 Å². The number of nitrogens with zero attached hydrogens (tertiary/aromatic N) is 1. The monoisotopic (exact) mass is 261 g/mol. The van der Waals surface area contributed by atoms with E-state index >= 15 is 0 Å². The first kappa shape index (κ1) is 9.62. The van der Waals surface area contributed by atoms with Crippen LogP contribution in [0.1, 0.15) is 37.0 Å². The second-order valence-electron chi connectivity index (χ2n) is 3.56. The quantitative estimate of drug-likeness (QED) is 0.843. The van der Waals surface area contributed by atoms with E-state index in [0.29, 0.717) is 0 Å². The molecule has 2 rings (SSSR count). The first-order chi connectivity index (χ1) is 6.22. The van der Waals surface area contributed by atoms with E-state index < -0.39 is 5.60 Å². The van der Waals surface area contributed by atoms with Gasteiger partial charge in [0.2, 0.25) is 0 Å². The van der Waals surface area contributed by atoms with E-state index in [-0.39, 0.29) is 0 Å². The van der Waals surface area contributed by atoms with Crippen LogP contribution in [0.15, 0.2) is 10.1 Å². The minimum absolute atomic E-state index is 0.599. The summed E-state index contributed by atoms with van der Waals surface area (Å²) in [5.74, 6) is 0. The van der Waals surface area contributed by atoms with Crippen molar-refractivity contribution in [2.24, 2.45) is 0 Å². The lowest BCUT2D eigenvalue weighted by Gasteiger charge is -2.30. The Morgan fingerprint density at radius 1 is 1.38 bits per heavy atom. The van der Waals surface area contributed by atoms with Gasteiger partial charge in [-0.05, 0) is 28.8 Å². The average Bonchev–Trinajstić information content (AvgIpc) is 2.53. The predicted octanol–water partition coefficient (Wildman–Crippen LogP) is 3.06. The van der Waals surface area contributed by atoms with Gasteiger partial charge in [0, 0.05) is 0 Å². The van der Waals surface area contributed by atoms with Crippen molar-refractivity contribution >= 4 is 27.3 Å². The van der Waals surface area contributed by atoms with E-state index in [9.17, 15) is 5.11 Å². The van der Waals surface area contributed by atoms with E-state index in [1.807, 2.05) is 0 Å². The number of halogens is 1. The minimum Gasteiger partial charge on any atom is -0.384 e. The Bertz CT molecular complexity index is 294. The molecule has 0 aromatic carbocycles. The lowest BCUT2D eigenvalue weighted by molar-refractivity contribution is 0.00200. The molecule has 0 bridgehead atoms. The van der Waals surface area contributed by atoms with Crippen molar-refractivity contribution in [1.29, 1.82) is 0 Å². The second-order valence-corrected chi connectivity index (χ2v) is 5.17. The highest BCUT2D eigenvalue weighted by molar-refractivity contribution is 9.10. The number of hydrogen-bond donors (Lipinski definition) is 1. The molecule has 1 saturated carbocycles. The van der Waals surface area contributed by atoms with Crippen molar-refractivity contribution < 1.29 is 5.11 Å². The molecule has 0 amide bonds. The standard InChI is InChI=1S/C9H12BrNOS/c10-8-7(13-6-11-8)9(12)4-2-1-3-5-9/h6,12H,1-5H2. The Morgan fingerprint density at radius 3 is 2.62 bits per heavy atom. The molecular weight excluding hydrogens is 250 g/mol. The van der Waals surface area contributed by atoms with Gasteiger partial charge in [0.1, 0.15) is 10.2 Å². The average molecular weight is 262 g/mol. The number of aromatic nitrogens is 1. The van der Waals surface area contributed by atoms with Gasteiger partial charge in [-0.15, -0.1) is 11.3 Å². The smallest absolute Gasteiger partial charge is 0.123 e. The highest BCUT2D eigenvalue weighted by atomic mass is 79.9.